The molecule has 0 spiro atoms. The first-order valence-electron chi connectivity index (χ1n) is 5.46. The second kappa shape index (κ2) is 4.72. The molecule has 0 aliphatic heterocycles. The van der Waals surface area contributed by atoms with Crippen molar-refractivity contribution >= 4 is 11.9 Å². The first-order valence-corrected chi connectivity index (χ1v) is 5.46. The maximum atomic E-state index is 5.64. The molecule has 0 saturated carbocycles. The van der Waals surface area contributed by atoms with Gasteiger partial charge in [0.15, 0.2) is 0 Å². The molecule has 3 heterocycles. The van der Waals surface area contributed by atoms with Crippen molar-refractivity contribution in [2.75, 3.05) is 11.1 Å². The Hall–Kier alpha value is -2.97. The minimum absolute atomic E-state index is 0.114. The fraction of sp³-hybridized carbons (Fsp3) is 0.100. The van der Waals surface area contributed by atoms with Gasteiger partial charge in [-0.25, -0.2) is 4.68 Å². The van der Waals surface area contributed by atoms with E-state index in [-0.39, 0.29) is 5.95 Å². The normalized spacial score (nSPS) is 10.5. The molecule has 3 N–H and O–H groups in total. The van der Waals surface area contributed by atoms with E-state index < -0.39 is 0 Å². The Bertz CT molecular complexity index is 648. The Morgan fingerprint density at radius 1 is 1.32 bits per heavy atom. The van der Waals surface area contributed by atoms with Crippen LogP contribution in [0.1, 0.15) is 5.69 Å². The quantitative estimate of drug-likeness (QED) is 0.682. The molecule has 19 heavy (non-hydrogen) atoms. The molecule has 0 aliphatic rings. The smallest absolute Gasteiger partial charge is 0.257 e. The Balaban J connectivity index is 1.82. The third-order valence-electron chi connectivity index (χ3n) is 2.27. The van der Waals surface area contributed by atoms with Crippen molar-refractivity contribution < 1.29 is 4.52 Å². The Morgan fingerprint density at radius 3 is 3.00 bits per heavy atom. The predicted molar refractivity (Wildman–Crippen MR) is 65.2 cm³/mol. The number of rotatable bonds is 4. The van der Waals surface area contributed by atoms with Crippen molar-refractivity contribution in [2.24, 2.45) is 0 Å². The SMILES string of the molecule is Nc1nc(NCc2ccon2)nc(-n2cccn2)n1. The highest BCUT2D eigenvalue weighted by Gasteiger charge is 2.06. The summed E-state index contributed by atoms with van der Waals surface area (Å²) < 4.78 is 6.23. The average Bonchev–Trinajstić information content (AvgIpc) is 3.09. The van der Waals surface area contributed by atoms with Crippen LogP contribution in [0.3, 0.4) is 0 Å². The molecule has 96 valence electrons. The van der Waals surface area contributed by atoms with E-state index in [0.717, 1.165) is 5.69 Å². The zero-order chi connectivity index (χ0) is 13.1. The average molecular weight is 258 g/mol. The Morgan fingerprint density at radius 2 is 2.26 bits per heavy atom. The number of hydrogen-bond acceptors (Lipinski definition) is 8. The molecule has 0 aromatic carbocycles. The van der Waals surface area contributed by atoms with E-state index in [1.54, 1.807) is 24.5 Å². The van der Waals surface area contributed by atoms with E-state index in [4.69, 9.17) is 10.3 Å². The largest absolute Gasteiger partial charge is 0.368 e. The molecule has 3 aromatic heterocycles. The summed E-state index contributed by atoms with van der Waals surface area (Å²) in [5, 5.41) is 10.8. The topological polar surface area (TPSA) is 121 Å². The van der Waals surface area contributed by atoms with Gasteiger partial charge in [0.1, 0.15) is 12.0 Å². The number of aromatic nitrogens is 6. The number of hydrogen-bond donors (Lipinski definition) is 2. The van der Waals surface area contributed by atoms with Crippen LogP contribution in [0.25, 0.3) is 5.95 Å². The summed E-state index contributed by atoms with van der Waals surface area (Å²) in [5.74, 6) is 0.810. The first-order chi connectivity index (χ1) is 9.31. The van der Waals surface area contributed by atoms with Gasteiger partial charge in [-0.05, 0) is 6.07 Å². The van der Waals surface area contributed by atoms with E-state index in [2.05, 4.69) is 30.5 Å². The van der Waals surface area contributed by atoms with Crippen LogP contribution in [0.4, 0.5) is 11.9 Å². The Labute approximate surface area is 107 Å². The monoisotopic (exact) mass is 258 g/mol. The summed E-state index contributed by atoms with van der Waals surface area (Å²) in [5.41, 5.74) is 6.37. The van der Waals surface area contributed by atoms with Gasteiger partial charge >= 0.3 is 0 Å². The summed E-state index contributed by atoms with van der Waals surface area (Å²) in [6.45, 7) is 0.429. The van der Waals surface area contributed by atoms with Gasteiger partial charge in [0, 0.05) is 18.5 Å². The molecule has 0 amide bonds. The highest BCUT2D eigenvalue weighted by Crippen LogP contribution is 2.07. The molecule has 3 rings (SSSR count). The molecule has 9 heteroatoms. The molecule has 0 unspecified atom stereocenters. The minimum atomic E-state index is 0.114. The lowest BCUT2D eigenvalue weighted by Crippen LogP contribution is -2.11. The molecule has 0 saturated heterocycles. The third kappa shape index (κ3) is 2.49. The van der Waals surface area contributed by atoms with E-state index in [1.807, 2.05) is 0 Å². The highest BCUT2D eigenvalue weighted by molar-refractivity contribution is 5.35. The summed E-state index contributed by atoms with van der Waals surface area (Å²) in [4.78, 5) is 12.2. The van der Waals surface area contributed by atoms with E-state index in [0.29, 0.717) is 18.4 Å². The van der Waals surface area contributed by atoms with Crippen LogP contribution in [0, 0.1) is 0 Å². The fourth-order valence-electron chi connectivity index (χ4n) is 1.45. The minimum Gasteiger partial charge on any atom is -0.368 e. The zero-order valence-corrected chi connectivity index (χ0v) is 9.76. The molecule has 0 fully saturated rings. The number of nitrogens with one attached hydrogen (secondary N) is 1. The molecular formula is C10H10N8O. The molecule has 0 aliphatic carbocycles. The molecule has 0 bridgehead atoms. The molecule has 3 aromatic rings. The van der Waals surface area contributed by atoms with E-state index in [1.165, 1.54) is 10.9 Å². The van der Waals surface area contributed by atoms with Crippen molar-refractivity contribution in [2.45, 2.75) is 6.54 Å². The summed E-state index contributed by atoms with van der Waals surface area (Å²) >= 11 is 0. The van der Waals surface area contributed by atoms with Gasteiger partial charge in [-0.2, -0.15) is 20.1 Å². The van der Waals surface area contributed by atoms with Crippen LogP contribution in [0.15, 0.2) is 35.3 Å². The van der Waals surface area contributed by atoms with Crippen molar-refractivity contribution in [3.63, 3.8) is 0 Å². The van der Waals surface area contributed by atoms with Crippen LogP contribution >= 0.6 is 0 Å². The van der Waals surface area contributed by atoms with Gasteiger partial charge in [0.25, 0.3) is 5.95 Å². The first kappa shape index (κ1) is 11.1. The van der Waals surface area contributed by atoms with E-state index in [9.17, 15) is 0 Å². The van der Waals surface area contributed by atoms with Crippen molar-refractivity contribution in [3.8, 4) is 5.95 Å². The predicted octanol–water partition coefficient (Wildman–Crippen LogP) is 0.240. The lowest BCUT2D eigenvalue weighted by molar-refractivity contribution is 0.412. The third-order valence-corrected chi connectivity index (χ3v) is 2.27. The van der Waals surface area contributed by atoms with Crippen LogP contribution in [-0.2, 0) is 6.54 Å². The van der Waals surface area contributed by atoms with Crippen molar-refractivity contribution in [3.05, 3.63) is 36.5 Å². The summed E-state index contributed by atoms with van der Waals surface area (Å²) in [7, 11) is 0. The van der Waals surface area contributed by atoms with Crippen molar-refractivity contribution in [1.29, 1.82) is 0 Å². The second-order valence-electron chi connectivity index (χ2n) is 3.61. The van der Waals surface area contributed by atoms with Gasteiger partial charge < -0.3 is 15.6 Å². The Kier molecular flexibility index (Phi) is 2.77. The lowest BCUT2D eigenvalue weighted by Gasteiger charge is -2.05. The standard InChI is InChI=1S/C10H10N8O/c11-8-14-9(12-6-7-2-5-19-17-7)16-10(15-8)18-4-1-3-13-18/h1-5H,6H2,(H3,11,12,14,15,16). The number of nitrogen functional groups attached to an aromatic ring is 1. The zero-order valence-electron chi connectivity index (χ0n) is 9.76. The highest BCUT2D eigenvalue weighted by atomic mass is 16.5. The van der Waals surface area contributed by atoms with Gasteiger partial charge in [-0.15, -0.1) is 0 Å². The van der Waals surface area contributed by atoms with Crippen LogP contribution in [-0.4, -0.2) is 29.9 Å². The fourth-order valence-corrected chi connectivity index (χ4v) is 1.45. The van der Waals surface area contributed by atoms with Crippen LogP contribution < -0.4 is 11.1 Å². The number of anilines is 2. The van der Waals surface area contributed by atoms with Crippen LogP contribution in [0.5, 0.6) is 0 Å². The van der Waals surface area contributed by atoms with Gasteiger partial charge in [0.05, 0.1) is 6.54 Å². The lowest BCUT2D eigenvalue weighted by atomic mass is 10.4. The molecule has 0 radical (unpaired) electrons. The number of nitrogens with two attached hydrogens (primary N) is 1. The van der Waals surface area contributed by atoms with Gasteiger partial charge in [-0.1, -0.05) is 5.16 Å². The van der Waals surface area contributed by atoms with Gasteiger partial charge in [-0.3, -0.25) is 0 Å². The maximum Gasteiger partial charge on any atom is 0.257 e. The maximum absolute atomic E-state index is 5.64. The molecule has 0 atom stereocenters. The molecule has 9 nitrogen and oxygen atoms in total. The van der Waals surface area contributed by atoms with Crippen LogP contribution in [0.2, 0.25) is 0 Å². The second-order valence-corrected chi connectivity index (χ2v) is 3.61. The molecular weight excluding hydrogens is 248 g/mol. The summed E-state index contributed by atoms with van der Waals surface area (Å²) in [6.07, 6.45) is 4.84. The number of nitrogens with zero attached hydrogens (tertiary/aromatic N) is 6. The summed E-state index contributed by atoms with van der Waals surface area (Å²) in [6, 6.07) is 3.51. The van der Waals surface area contributed by atoms with Gasteiger partial charge in [0.2, 0.25) is 11.9 Å². The van der Waals surface area contributed by atoms with Crippen molar-refractivity contribution in [1.82, 2.24) is 29.9 Å². The van der Waals surface area contributed by atoms with E-state index >= 15 is 0 Å².